The van der Waals surface area contributed by atoms with Gasteiger partial charge in [-0.15, -0.1) is 0 Å². The van der Waals surface area contributed by atoms with Crippen molar-refractivity contribution in [2.75, 3.05) is 0 Å². The molecule has 0 spiro atoms. The van der Waals surface area contributed by atoms with Gasteiger partial charge in [0.2, 0.25) is 0 Å². The fourth-order valence-corrected chi connectivity index (χ4v) is 6.30. The van der Waals surface area contributed by atoms with Crippen LogP contribution in [0.25, 0.3) is 78.0 Å². The van der Waals surface area contributed by atoms with Crippen molar-refractivity contribution in [3.05, 3.63) is 163 Å². The maximum atomic E-state index is 5.00. The fourth-order valence-electron chi connectivity index (χ4n) is 6.30. The number of aryl methyl sites for hydroxylation is 1. The van der Waals surface area contributed by atoms with Gasteiger partial charge in [-0.1, -0.05) is 157 Å². The van der Waals surface area contributed by atoms with Crippen LogP contribution >= 0.6 is 0 Å². The molecule has 0 saturated carbocycles. The maximum absolute atomic E-state index is 5.00. The maximum Gasteiger partial charge on any atom is 0.164 e. The molecule has 8 aromatic rings. The van der Waals surface area contributed by atoms with Crippen molar-refractivity contribution in [1.82, 2.24) is 15.0 Å². The van der Waals surface area contributed by atoms with Crippen molar-refractivity contribution < 1.29 is 0 Å². The predicted molar refractivity (Wildman–Crippen MR) is 187 cm³/mol. The minimum Gasteiger partial charge on any atom is -0.208 e. The van der Waals surface area contributed by atoms with Gasteiger partial charge in [0.25, 0.3) is 0 Å². The molecule has 45 heavy (non-hydrogen) atoms. The minimum absolute atomic E-state index is 0.648. The van der Waals surface area contributed by atoms with E-state index in [1.165, 1.54) is 43.8 Å². The van der Waals surface area contributed by atoms with Gasteiger partial charge in [0, 0.05) is 16.7 Å². The summed E-state index contributed by atoms with van der Waals surface area (Å²) in [6, 6.07) is 55.2. The first-order valence-corrected chi connectivity index (χ1v) is 15.2. The summed E-state index contributed by atoms with van der Waals surface area (Å²) in [4.78, 5) is 14.9. The van der Waals surface area contributed by atoms with Crippen LogP contribution in [0.3, 0.4) is 0 Å². The molecular formula is C42H29N3. The van der Waals surface area contributed by atoms with Gasteiger partial charge in [0.15, 0.2) is 17.5 Å². The van der Waals surface area contributed by atoms with Crippen molar-refractivity contribution in [3.63, 3.8) is 0 Å². The quantitative estimate of drug-likeness (QED) is 0.192. The zero-order chi connectivity index (χ0) is 30.2. The third kappa shape index (κ3) is 4.95. The monoisotopic (exact) mass is 575 g/mol. The lowest BCUT2D eigenvalue weighted by Gasteiger charge is -2.18. The van der Waals surface area contributed by atoms with Crippen molar-refractivity contribution >= 4 is 21.5 Å². The number of nitrogens with zero attached hydrogens (tertiary/aromatic N) is 3. The first-order valence-electron chi connectivity index (χ1n) is 15.2. The molecule has 1 heterocycles. The second-order valence-corrected chi connectivity index (χ2v) is 11.3. The smallest absolute Gasteiger partial charge is 0.164 e. The molecule has 0 amide bonds. The summed E-state index contributed by atoms with van der Waals surface area (Å²) in [6.45, 7) is 2.15. The molecule has 0 fully saturated rings. The molecule has 3 nitrogen and oxygen atoms in total. The van der Waals surface area contributed by atoms with Gasteiger partial charge in [-0.05, 0) is 56.8 Å². The minimum atomic E-state index is 0.648. The van der Waals surface area contributed by atoms with Crippen LogP contribution in [0.5, 0.6) is 0 Å². The van der Waals surface area contributed by atoms with E-state index < -0.39 is 0 Å². The summed E-state index contributed by atoms with van der Waals surface area (Å²) in [6.07, 6.45) is 0. The predicted octanol–water partition coefficient (Wildman–Crippen LogP) is 10.8. The Morgan fingerprint density at radius 3 is 1.13 bits per heavy atom. The van der Waals surface area contributed by atoms with Gasteiger partial charge < -0.3 is 0 Å². The Labute approximate surface area is 262 Å². The molecule has 0 radical (unpaired) electrons. The normalized spacial score (nSPS) is 11.2. The van der Waals surface area contributed by atoms with E-state index in [0.717, 1.165) is 22.3 Å². The van der Waals surface area contributed by atoms with Crippen LogP contribution in [0, 0.1) is 6.92 Å². The van der Waals surface area contributed by atoms with Crippen LogP contribution < -0.4 is 0 Å². The average Bonchev–Trinajstić information content (AvgIpc) is 3.11. The molecule has 1 aromatic heterocycles. The van der Waals surface area contributed by atoms with Crippen molar-refractivity contribution in [3.8, 4) is 56.4 Å². The van der Waals surface area contributed by atoms with Crippen molar-refractivity contribution in [1.29, 1.82) is 0 Å². The van der Waals surface area contributed by atoms with Crippen molar-refractivity contribution in [2.45, 2.75) is 6.92 Å². The van der Waals surface area contributed by atoms with E-state index >= 15 is 0 Å². The van der Waals surface area contributed by atoms with Crippen LogP contribution in [0.15, 0.2) is 158 Å². The molecule has 0 aliphatic rings. The Kier molecular flexibility index (Phi) is 6.69. The van der Waals surface area contributed by atoms with E-state index in [1.807, 2.05) is 60.7 Å². The summed E-state index contributed by atoms with van der Waals surface area (Å²) < 4.78 is 0. The number of fused-ring (bicyclic) bond motifs is 2. The van der Waals surface area contributed by atoms with Gasteiger partial charge in [-0.3, -0.25) is 0 Å². The van der Waals surface area contributed by atoms with Gasteiger partial charge in [-0.25, -0.2) is 15.0 Å². The molecule has 3 heteroatoms. The largest absolute Gasteiger partial charge is 0.208 e. The van der Waals surface area contributed by atoms with Gasteiger partial charge >= 0.3 is 0 Å². The zero-order valence-corrected chi connectivity index (χ0v) is 24.9. The highest BCUT2D eigenvalue weighted by atomic mass is 15.0. The molecule has 7 aromatic carbocycles. The van der Waals surface area contributed by atoms with E-state index in [1.54, 1.807) is 0 Å². The second kappa shape index (κ2) is 11.3. The highest BCUT2D eigenvalue weighted by molar-refractivity contribution is 6.21. The summed E-state index contributed by atoms with van der Waals surface area (Å²) >= 11 is 0. The number of aromatic nitrogens is 3. The molecule has 0 saturated heterocycles. The first-order chi connectivity index (χ1) is 22.2. The molecule has 0 aliphatic heterocycles. The average molecular weight is 576 g/mol. The summed E-state index contributed by atoms with van der Waals surface area (Å²) in [5.74, 6) is 1.96. The second-order valence-electron chi connectivity index (χ2n) is 11.3. The standard InChI is InChI=1S/C42H29N3/c1-28-14-12-19-31(26-28)38-34-22-8-10-24-36(34)39(37-25-11-9-23-35(37)38)32-20-13-21-33(27-32)42-44-40(29-15-4-2-5-16-29)43-41(45-42)30-17-6-3-7-18-30/h2-27H,1H3. The Bertz CT molecular complexity index is 2210. The van der Waals surface area contributed by atoms with Crippen LogP contribution in [-0.2, 0) is 0 Å². The van der Waals surface area contributed by atoms with Crippen molar-refractivity contribution in [2.24, 2.45) is 0 Å². The Morgan fingerprint density at radius 2 is 0.667 bits per heavy atom. The Morgan fingerprint density at radius 1 is 0.311 bits per heavy atom. The molecule has 0 unspecified atom stereocenters. The van der Waals surface area contributed by atoms with E-state index in [9.17, 15) is 0 Å². The molecular weight excluding hydrogens is 546 g/mol. The van der Waals surface area contributed by atoms with E-state index in [4.69, 9.17) is 15.0 Å². The van der Waals surface area contributed by atoms with E-state index in [-0.39, 0.29) is 0 Å². The fraction of sp³-hybridized carbons (Fsp3) is 0.0238. The number of hydrogen-bond donors (Lipinski definition) is 0. The van der Waals surface area contributed by atoms with Gasteiger partial charge in [0.05, 0.1) is 0 Å². The molecule has 0 N–H and O–H groups in total. The highest BCUT2D eigenvalue weighted by Crippen LogP contribution is 2.44. The summed E-state index contributed by atoms with van der Waals surface area (Å²) in [7, 11) is 0. The number of hydrogen-bond acceptors (Lipinski definition) is 3. The van der Waals surface area contributed by atoms with Gasteiger partial charge in [-0.2, -0.15) is 0 Å². The summed E-state index contributed by atoms with van der Waals surface area (Å²) in [5, 5.41) is 4.91. The molecule has 8 rings (SSSR count). The molecule has 0 atom stereocenters. The zero-order valence-electron chi connectivity index (χ0n) is 24.9. The molecule has 0 bridgehead atoms. The number of benzene rings is 7. The lowest BCUT2D eigenvalue weighted by molar-refractivity contribution is 1.07. The third-order valence-electron chi connectivity index (χ3n) is 8.35. The molecule has 212 valence electrons. The van der Waals surface area contributed by atoms with Gasteiger partial charge in [0.1, 0.15) is 0 Å². The summed E-state index contributed by atoms with van der Waals surface area (Å²) in [5.41, 5.74) is 8.94. The topological polar surface area (TPSA) is 38.7 Å². The number of rotatable bonds is 5. The van der Waals surface area contributed by atoms with E-state index in [2.05, 4.69) is 104 Å². The van der Waals surface area contributed by atoms with Crippen LogP contribution in [0.1, 0.15) is 5.56 Å². The Hall–Kier alpha value is -5.93. The third-order valence-corrected chi connectivity index (χ3v) is 8.35. The first kappa shape index (κ1) is 26.7. The van der Waals surface area contributed by atoms with Crippen LogP contribution in [-0.4, -0.2) is 15.0 Å². The Balaban J connectivity index is 1.36. The van der Waals surface area contributed by atoms with Crippen LogP contribution in [0.4, 0.5) is 0 Å². The van der Waals surface area contributed by atoms with E-state index in [0.29, 0.717) is 17.5 Å². The highest BCUT2D eigenvalue weighted by Gasteiger charge is 2.18. The lowest BCUT2D eigenvalue weighted by Crippen LogP contribution is -2.00. The SMILES string of the molecule is Cc1cccc(-c2c3ccccc3c(-c3cccc(-c4nc(-c5ccccc5)nc(-c5ccccc5)n4)c3)c3ccccc23)c1. The lowest BCUT2D eigenvalue weighted by atomic mass is 9.85. The van der Waals surface area contributed by atoms with Crippen LogP contribution in [0.2, 0.25) is 0 Å². The molecule has 0 aliphatic carbocycles.